The fraction of sp³-hybridized carbons (Fsp3) is 0.423. The molecule has 0 radical (unpaired) electrons. The number of H-pyrrole nitrogens is 1. The number of ether oxygens (including phenoxy) is 2. The first-order valence-corrected chi connectivity index (χ1v) is 14.6. The van der Waals surface area contributed by atoms with Crippen LogP contribution in [0.1, 0.15) is 33.4 Å². The lowest BCUT2D eigenvalue weighted by atomic mass is 9.93. The van der Waals surface area contributed by atoms with Crippen molar-refractivity contribution in [2.45, 2.75) is 57.2 Å². The Morgan fingerprint density at radius 2 is 2.02 bits per heavy atom. The average Bonchev–Trinajstić information content (AvgIpc) is 3.20. The van der Waals surface area contributed by atoms with Crippen LogP contribution in [0.4, 0.5) is 0 Å². The third-order valence-electron chi connectivity index (χ3n) is 6.65. The van der Waals surface area contributed by atoms with Gasteiger partial charge >= 0.3 is 19.4 Å². The molecule has 224 valence electrons. The predicted octanol–water partition coefficient (Wildman–Crippen LogP) is 3.15. The molecule has 1 fully saturated rings. The zero-order valence-corrected chi connectivity index (χ0v) is 24.0. The monoisotopic (exact) mass is 602 g/mol. The molecule has 0 saturated carbocycles. The van der Waals surface area contributed by atoms with Gasteiger partial charge in [-0.2, -0.15) is 5.09 Å². The maximum atomic E-state index is 14.1. The highest BCUT2D eigenvalue weighted by Gasteiger charge is 2.55. The van der Waals surface area contributed by atoms with Gasteiger partial charge in [0, 0.05) is 22.6 Å². The highest BCUT2D eigenvalue weighted by molar-refractivity contribution is 7.52. The van der Waals surface area contributed by atoms with Crippen molar-refractivity contribution >= 4 is 24.5 Å². The van der Waals surface area contributed by atoms with E-state index in [9.17, 15) is 29.6 Å². The normalized spacial score (nSPS) is 24.0. The number of esters is 1. The van der Waals surface area contributed by atoms with Crippen molar-refractivity contribution in [3.8, 4) is 5.75 Å². The van der Waals surface area contributed by atoms with Gasteiger partial charge in [0.05, 0.1) is 19.3 Å². The molecular weight excluding hydrogens is 571 g/mol. The first-order chi connectivity index (χ1) is 20.0. The van der Waals surface area contributed by atoms with Crippen molar-refractivity contribution in [2.24, 2.45) is 5.11 Å². The Hall–Kier alpha value is -3.97. The minimum absolute atomic E-state index is 0.159. The second-order valence-corrected chi connectivity index (χ2v) is 11.5. The highest BCUT2D eigenvalue weighted by Crippen LogP contribution is 2.48. The Morgan fingerprint density at radius 3 is 2.74 bits per heavy atom. The number of aliphatic hydroxyl groups excluding tert-OH is 1. The smallest absolute Gasteiger partial charge is 0.459 e. The summed E-state index contributed by atoms with van der Waals surface area (Å²) in [6.07, 6.45) is -2.50. The zero-order chi connectivity index (χ0) is 30.5. The molecule has 1 aliphatic rings. The van der Waals surface area contributed by atoms with Crippen LogP contribution in [0.25, 0.3) is 21.2 Å². The minimum Gasteiger partial charge on any atom is -0.465 e. The molecule has 1 aromatic heterocycles. The Morgan fingerprint density at radius 1 is 1.29 bits per heavy atom. The lowest BCUT2D eigenvalue weighted by molar-refractivity contribution is -0.145. The van der Waals surface area contributed by atoms with Crippen LogP contribution >= 0.6 is 7.75 Å². The number of rotatable bonds is 12. The topological polar surface area (TPSA) is 207 Å². The molecule has 0 bridgehead atoms. The molecule has 16 heteroatoms. The number of carbonyl (C=O) groups is 1. The van der Waals surface area contributed by atoms with Crippen molar-refractivity contribution in [2.75, 3.05) is 13.2 Å². The van der Waals surface area contributed by atoms with E-state index in [0.717, 1.165) is 22.2 Å². The van der Waals surface area contributed by atoms with E-state index in [-0.39, 0.29) is 12.4 Å². The van der Waals surface area contributed by atoms with E-state index in [4.69, 9.17) is 18.5 Å². The maximum absolute atomic E-state index is 14.1. The molecule has 15 nitrogen and oxygen atoms in total. The lowest BCUT2D eigenvalue weighted by Crippen LogP contribution is -2.45. The van der Waals surface area contributed by atoms with Gasteiger partial charge in [0.25, 0.3) is 5.56 Å². The molecule has 3 N–H and O–H groups in total. The van der Waals surface area contributed by atoms with Crippen LogP contribution in [0.5, 0.6) is 5.75 Å². The van der Waals surface area contributed by atoms with Crippen molar-refractivity contribution < 1.29 is 33.0 Å². The second kappa shape index (κ2) is 12.9. The Labute approximate surface area is 239 Å². The summed E-state index contributed by atoms with van der Waals surface area (Å²) in [6.45, 7) is 4.19. The van der Waals surface area contributed by atoms with Crippen LogP contribution < -0.4 is 20.9 Å². The standard InChI is InChI=1S/C26H31N6O9P/c1-4-14-38-23(35)16(2)29-42(37,41-19-11-7-9-17-8-5-6-10-18(17)19)39-15-20-22(34)26(3,30-31-27)24(40-20)32-13-12-21(33)28-25(32)36/h5-13,16,20,22,24,34H,4,14-15H2,1-3H3,(H,29,37)(H,28,33,36)/t16-,20+,22+,24?,26+,42-/m0/s1. The number of carbonyl (C=O) groups excluding carboxylic acids is 1. The molecule has 3 aromatic rings. The fourth-order valence-corrected chi connectivity index (χ4v) is 6.00. The molecule has 42 heavy (non-hydrogen) atoms. The molecule has 1 aliphatic heterocycles. The van der Waals surface area contributed by atoms with Gasteiger partial charge in [0.1, 0.15) is 23.4 Å². The van der Waals surface area contributed by atoms with Gasteiger partial charge in [-0.15, -0.1) is 0 Å². The van der Waals surface area contributed by atoms with E-state index < -0.39 is 61.6 Å². The van der Waals surface area contributed by atoms with E-state index in [1.54, 1.807) is 24.3 Å². The van der Waals surface area contributed by atoms with Crippen LogP contribution in [0.2, 0.25) is 0 Å². The molecule has 2 aromatic carbocycles. The number of aromatic amines is 1. The highest BCUT2D eigenvalue weighted by atomic mass is 31.2. The molecule has 0 aliphatic carbocycles. The summed E-state index contributed by atoms with van der Waals surface area (Å²) < 4.78 is 37.7. The van der Waals surface area contributed by atoms with Gasteiger partial charge in [0.15, 0.2) is 6.23 Å². The summed E-state index contributed by atoms with van der Waals surface area (Å²) in [5.41, 5.74) is 5.92. The van der Waals surface area contributed by atoms with Crippen LogP contribution in [0, 0.1) is 0 Å². The van der Waals surface area contributed by atoms with E-state index in [2.05, 4.69) is 20.1 Å². The molecule has 0 spiro atoms. The van der Waals surface area contributed by atoms with Crippen molar-refractivity contribution in [1.29, 1.82) is 0 Å². The van der Waals surface area contributed by atoms with Gasteiger partial charge < -0.3 is 19.1 Å². The number of nitrogens with zero attached hydrogens (tertiary/aromatic N) is 4. The molecule has 1 saturated heterocycles. The van der Waals surface area contributed by atoms with Crippen LogP contribution in [0.15, 0.2) is 69.4 Å². The summed E-state index contributed by atoms with van der Waals surface area (Å²) in [4.78, 5) is 41.4. The second-order valence-electron chi connectivity index (χ2n) is 9.78. The summed E-state index contributed by atoms with van der Waals surface area (Å²) in [5.74, 6) is -0.490. The summed E-state index contributed by atoms with van der Waals surface area (Å²) in [6, 6.07) is 12.3. The van der Waals surface area contributed by atoms with Gasteiger partial charge in [-0.05, 0) is 37.3 Å². The quantitative estimate of drug-likeness (QED) is 0.0907. The molecule has 1 unspecified atom stereocenters. The number of nitrogens with one attached hydrogen (secondary N) is 2. The van der Waals surface area contributed by atoms with Crippen LogP contribution in [-0.2, 0) is 23.4 Å². The fourth-order valence-electron chi connectivity index (χ4n) is 4.48. The molecule has 0 amide bonds. The Balaban J connectivity index is 1.63. The largest absolute Gasteiger partial charge is 0.465 e. The van der Waals surface area contributed by atoms with Crippen molar-refractivity contribution in [3.05, 3.63) is 86.0 Å². The van der Waals surface area contributed by atoms with Gasteiger partial charge in [-0.1, -0.05) is 48.4 Å². The van der Waals surface area contributed by atoms with Gasteiger partial charge in [-0.3, -0.25) is 23.7 Å². The molecule has 2 heterocycles. The van der Waals surface area contributed by atoms with E-state index in [1.165, 1.54) is 13.8 Å². The SMILES string of the molecule is CCCOC(=O)[C@H](C)N[P@](=O)(OC[C@H]1OC(n2ccc(=O)[nH]c2=O)[C@](C)(N=[N+]=[N-])[C@@H]1O)Oc1cccc2ccccc12. The van der Waals surface area contributed by atoms with Crippen molar-refractivity contribution in [3.63, 3.8) is 0 Å². The van der Waals surface area contributed by atoms with E-state index in [0.29, 0.717) is 11.8 Å². The van der Waals surface area contributed by atoms with Gasteiger partial charge in [-0.25, -0.2) is 9.36 Å². The van der Waals surface area contributed by atoms with E-state index in [1.807, 2.05) is 25.1 Å². The number of fused-ring (bicyclic) bond motifs is 1. The lowest BCUT2D eigenvalue weighted by Gasteiger charge is -2.28. The summed E-state index contributed by atoms with van der Waals surface area (Å²) >= 11 is 0. The summed E-state index contributed by atoms with van der Waals surface area (Å²) in [7, 11) is -4.39. The molecule has 4 rings (SSSR count). The predicted molar refractivity (Wildman–Crippen MR) is 151 cm³/mol. The molecule has 6 atom stereocenters. The number of azide groups is 1. The number of hydrogen-bond acceptors (Lipinski definition) is 10. The third kappa shape index (κ3) is 6.57. The number of benzene rings is 2. The maximum Gasteiger partial charge on any atom is 0.459 e. The van der Waals surface area contributed by atoms with Crippen molar-refractivity contribution in [1.82, 2.24) is 14.6 Å². The minimum atomic E-state index is -4.39. The number of aliphatic hydroxyl groups is 1. The van der Waals surface area contributed by atoms with Crippen LogP contribution in [0.3, 0.4) is 0 Å². The van der Waals surface area contributed by atoms with Gasteiger partial charge in [0.2, 0.25) is 0 Å². The third-order valence-corrected chi connectivity index (χ3v) is 8.28. The zero-order valence-electron chi connectivity index (χ0n) is 23.1. The van der Waals surface area contributed by atoms with E-state index >= 15 is 0 Å². The summed E-state index contributed by atoms with van der Waals surface area (Å²) in [5, 5.41) is 18.8. The first kappa shape index (κ1) is 31.0. The average molecular weight is 603 g/mol. The molecular formula is C26H31N6O9P. The Kier molecular flexibility index (Phi) is 9.52. The Bertz CT molecular complexity index is 1650. The number of hydrogen-bond donors (Lipinski definition) is 3. The van der Waals surface area contributed by atoms with Crippen LogP contribution in [-0.4, -0.2) is 57.6 Å². The first-order valence-electron chi connectivity index (χ1n) is 13.1. The number of aromatic nitrogens is 2.